The molecular formula is C31H45N5O3Si. The van der Waals surface area contributed by atoms with Gasteiger partial charge in [0.05, 0.1) is 36.5 Å². The lowest BCUT2D eigenvalue weighted by atomic mass is 9.70. The highest BCUT2D eigenvalue weighted by molar-refractivity contribution is 6.74. The molecule has 3 fully saturated rings. The van der Waals surface area contributed by atoms with Gasteiger partial charge in [0.2, 0.25) is 5.91 Å². The van der Waals surface area contributed by atoms with Crippen LogP contribution in [0.2, 0.25) is 18.1 Å². The molecule has 1 spiro atoms. The molecule has 8 nitrogen and oxygen atoms in total. The van der Waals surface area contributed by atoms with Gasteiger partial charge >= 0.3 is 0 Å². The van der Waals surface area contributed by atoms with Crippen molar-refractivity contribution in [3.05, 3.63) is 35.7 Å². The Kier molecular flexibility index (Phi) is 7.20. The molecule has 0 unspecified atom stereocenters. The van der Waals surface area contributed by atoms with E-state index in [9.17, 15) is 4.79 Å². The van der Waals surface area contributed by atoms with Crippen molar-refractivity contribution in [2.24, 2.45) is 0 Å². The first-order valence-corrected chi connectivity index (χ1v) is 18.1. The lowest BCUT2D eigenvalue weighted by Crippen LogP contribution is -2.40. The summed E-state index contributed by atoms with van der Waals surface area (Å²) in [6.45, 7) is 14.9. The molecule has 2 saturated carbocycles. The van der Waals surface area contributed by atoms with Crippen molar-refractivity contribution in [3.8, 4) is 0 Å². The molecule has 1 aromatic heterocycles. The number of fused-ring (bicyclic) bond motifs is 2. The Bertz CT molecular complexity index is 1240. The number of rotatable bonds is 7. The maximum Gasteiger partial charge on any atom is 0.243 e. The van der Waals surface area contributed by atoms with E-state index in [0.717, 1.165) is 93.4 Å². The summed E-state index contributed by atoms with van der Waals surface area (Å²) < 4.78 is 12.1. The largest absolute Gasteiger partial charge is 0.409 e. The molecule has 6 rings (SSSR count). The molecule has 2 aliphatic heterocycles. The van der Waals surface area contributed by atoms with E-state index >= 15 is 0 Å². The van der Waals surface area contributed by atoms with Crippen LogP contribution in [0, 0.1) is 0 Å². The topological polar surface area (TPSA) is 79.8 Å². The molecule has 3 heterocycles. The third-order valence-corrected chi connectivity index (χ3v) is 14.2. The van der Waals surface area contributed by atoms with Crippen LogP contribution in [-0.4, -0.2) is 56.5 Å². The number of hydrogen-bond acceptors (Lipinski definition) is 7. The Morgan fingerprint density at radius 1 is 1.02 bits per heavy atom. The highest BCUT2D eigenvalue weighted by Gasteiger charge is 2.55. The Balaban J connectivity index is 1.41. The van der Waals surface area contributed by atoms with E-state index < -0.39 is 13.7 Å². The number of anilines is 4. The number of aromatic nitrogens is 2. The molecule has 0 radical (unpaired) electrons. The van der Waals surface area contributed by atoms with Crippen molar-refractivity contribution in [2.75, 3.05) is 41.4 Å². The fraction of sp³-hybridized carbons (Fsp3) is 0.645. The van der Waals surface area contributed by atoms with Gasteiger partial charge in [0.25, 0.3) is 0 Å². The fourth-order valence-corrected chi connectivity index (χ4v) is 6.98. The van der Waals surface area contributed by atoms with E-state index in [2.05, 4.69) is 68.3 Å². The molecule has 1 amide bonds. The smallest absolute Gasteiger partial charge is 0.243 e. The van der Waals surface area contributed by atoms with E-state index in [-0.39, 0.29) is 10.9 Å². The van der Waals surface area contributed by atoms with Crippen LogP contribution in [0.3, 0.4) is 0 Å². The van der Waals surface area contributed by atoms with Crippen LogP contribution in [0.5, 0.6) is 0 Å². The van der Waals surface area contributed by atoms with Gasteiger partial charge in [-0.1, -0.05) is 40.0 Å². The fourth-order valence-electron chi connectivity index (χ4n) is 6.06. The second-order valence-electron chi connectivity index (χ2n) is 13.6. The second kappa shape index (κ2) is 10.4. The first kappa shape index (κ1) is 27.7. The average molecular weight is 564 g/mol. The Labute approximate surface area is 240 Å². The van der Waals surface area contributed by atoms with E-state index in [4.69, 9.17) is 19.1 Å². The van der Waals surface area contributed by atoms with Crippen LogP contribution in [0.25, 0.3) is 0 Å². The monoisotopic (exact) mass is 563 g/mol. The number of carbonyl (C=O) groups excluding carboxylic acids is 1. The molecule has 0 atom stereocenters. The summed E-state index contributed by atoms with van der Waals surface area (Å²) in [5.74, 6) is 2.40. The van der Waals surface area contributed by atoms with Gasteiger partial charge in [0, 0.05) is 24.8 Å². The maximum absolute atomic E-state index is 14.5. The summed E-state index contributed by atoms with van der Waals surface area (Å²) in [4.78, 5) is 28.9. The zero-order valence-corrected chi connectivity index (χ0v) is 25.9. The van der Waals surface area contributed by atoms with E-state index in [1.807, 2.05) is 4.90 Å². The first-order valence-electron chi connectivity index (χ1n) is 15.2. The van der Waals surface area contributed by atoms with Gasteiger partial charge in [0.1, 0.15) is 11.6 Å². The number of amides is 1. The van der Waals surface area contributed by atoms with Gasteiger partial charge in [-0.3, -0.25) is 9.69 Å². The van der Waals surface area contributed by atoms with E-state index in [0.29, 0.717) is 18.5 Å². The molecule has 1 N–H and O–H groups in total. The zero-order valence-electron chi connectivity index (χ0n) is 24.9. The second-order valence-corrected chi connectivity index (χ2v) is 18.4. The van der Waals surface area contributed by atoms with Crippen molar-refractivity contribution >= 4 is 37.2 Å². The highest BCUT2D eigenvalue weighted by atomic mass is 28.4. The standard InChI is InChI=1S/C31H45N5O3Si/c1-30(2,3)40(4,5)39-21-25-33-27(32-22-9-10-22)26-28(34-25)36(29(37)31(26)15-7-6-8-16-31)24-13-11-23(12-14-24)35-17-19-38-20-18-35/h11-14,22H,6-10,15-21H2,1-5H3,(H,32,33,34). The van der Waals surface area contributed by atoms with Crippen molar-refractivity contribution < 1.29 is 14.0 Å². The average Bonchev–Trinajstić information content (AvgIpc) is 3.73. The van der Waals surface area contributed by atoms with Crippen molar-refractivity contribution in [2.45, 2.75) is 102 Å². The third kappa shape index (κ3) is 5.05. The van der Waals surface area contributed by atoms with Crippen LogP contribution in [-0.2, 0) is 26.0 Å². The van der Waals surface area contributed by atoms with Gasteiger partial charge in [-0.25, -0.2) is 9.97 Å². The van der Waals surface area contributed by atoms with Crippen LogP contribution in [0.15, 0.2) is 24.3 Å². The molecule has 2 aromatic rings. The summed E-state index contributed by atoms with van der Waals surface area (Å²) in [7, 11) is -2.00. The van der Waals surface area contributed by atoms with E-state index in [1.54, 1.807) is 0 Å². The molecule has 0 bridgehead atoms. The van der Waals surface area contributed by atoms with Crippen LogP contribution in [0.4, 0.5) is 23.0 Å². The lowest BCUT2D eigenvalue weighted by Gasteiger charge is -2.36. The van der Waals surface area contributed by atoms with Crippen molar-refractivity contribution in [1.29, 1.82) is 0 Å². The van der Waals surface area contributed by atoms with Gasteiger partial charge in [-0.05, 0) is 68.1 Å². The molecule has 1 saturated heterocycles. The SMILES string of the molecule is CC(C)(C)[Si](C)(C)OCc1nc(NC2CC2)c2c(n1)N(c1ccc(N3CCOCC3)cc1)C(=O)C21CCCCC1. The number of nitrogens with one attached hydrogen (secondary N) is 1. The minimum Gasteiger partial charge on any atom is -0.409 e. The number of hydrogen-bond donors (Lipinski definition) is 1. The van der Waals surface area contributed by atoms with Crippen LogP contribution in [0.1, 0.15) is 77.1 Å². The summed E-state index contributed by atoms with van der Waals surface area (Å²) in [5.41, 5.74) is 2.48. The number of benzene rings is 1. The molecular weight excluding hydrogens is 518 g/mol. The highest BCUT2D eigenvalue weighted by Crippen LogP contribution is 2.54. The van der Waals surface area contributed by atoms with Crippen LogP contribution < -0.4 is 15.1 Å². The summed E-state index contributed by atoms with van der Waals surface area (Å²) in [6, 6.07) is 8.84. The number of ether oxygens (including phenoxy) is 1. The molecule has 40 heavy (non-hydrogen) atoms. The molecule has 216 valence electrons. The van der Waals surface area contributed by atoms with Crippen LogP contribution >= 0.6 is 0 Å². The van der Waals surface area contributed by atoms with Gasteiger partial charge in [0.15, 0.2) is 14.1 Å². The summed E-state index contributed by atoms with van der Waals surface area (Å²) >= 11 is 0. The van der Waals surface area contributed by atoms with Crippen molar-refractivity contribution in [1.82, 2.24) is 9.97 Å². The summed E-state index contributed by atoms with van der Waals surface area (Å²) in [6.07, 6.45) is 7.25. The van der Waals surface area contributed by atoms with Gasteiger partial charge < -0.3 is 19.4 Å². The number of carbonyl (C=O) groups is 1. The third-order valence-electron chi connectivity index (χ3n) is 9.72. The lowest BCUT2D eigenvalue weighted by molar-refractivity contribution is -0.123. The minimum atomic E-state index is -2.00. The summed E-state index contributed by atoms with van der Waals surface area (Å²) in [5, 5.41) is 3.80. The first-order chi connectivity index (χ1) is 19.1. The maximum atomic E-state index is 14.5. The molecule has 9 heteroatoms. The minimum absolute atomic E-state index is 0.0925. The van der Waals surface area contributed by atoms with E-state index in [1.165, 1.54) is 6.42 Å². The molecule has 4 aliphatic rings. The number of nitrogens with zero attached hydrogens (tertiary/aromatic N) is 4. The van der Waals surface area contributed by atoms with Gasteiger partial charge in [-0.2, -0.15) is 0 Å². The zero-order chi connectivity index (χ0) is 28.1. The molecule has 2 aliphatic carbocycles. The normalized spacial score (nSPS) is 21.2. The number of morpholine rings is 1. The quantitative estimate of drug-likeness (QED) is 0.397. The Morgan fingerprint density at radius 3 is 2.30 bits per heavy atom. The Hall–Kier alpha value is -2.49. The Morgan fingerprint density at radius 2 is 1.68 bits per heavy atom. The molecule has 1 aromatic carbocycles. The van der Waals surface area contributed by atoms with Crippen molar-refractivity contribution in [3.63, 3.8) is 0 Å². The predicted octanol–water partition coefficient (Wildman–Crippen LogP) is 6.29. The predicted molar refractivity (Wildman–Crippen MR) is 162 cm³/mol. The van der Waals surface area contributed by atoms with Gasteiger partial charge in [-0.15, -0.1) is 0 Å².